The molecule has 0 atom stereocenters. The number of anilines is 1. The number of hydrogen-bond donors (Lipinski definition) is 4. The molecule has 18 heteroatoms. The average molecular weight is 951 g/mol. The van der Waals surface area contributed by atoms with E-state index in [1.54, 1.807) is 89.5 Å². The molecule has 0 aliphatic rings. The predicted octanol–water partition coefficient (Wildman–Crippen LogP) is 6.03. The third kappa shape index (κ3) is 17.4. The molecule has 0 spiro atoms. The Hall–Kier alpha value is -5.25. The number of hydrogen-bond acceptors (Lipinski definition) is 14. The third-order valence-corrected chi connectivity index (χ3v) is 10.3. The van der Waals surface area contributed by atoms with Gasteiger partial charge in [0.15, 0.2) is 0 Å². The average Bonchev–Trinajstić information content (AvgIpc) is 3.77. The van der Waals surface area contributed by atoms with Gasteiger partial charge in [0, 0.05) is 42.0 Å². The van der Waals surface area contributed by atoms with Gasteiger partial charge in [0.05, 0.1) is 111 Å². The highest BCUT2D eigenvalue weighted by Crippen LogP contribution is 2.41. The molecule has 0 aliphatic heterocycles. The maximum atomic E-state index is 14.2. The quantitative estimate of drug-likeness (QED) is 0.0355. The first-order valence-corrected chi connectivity index (χ1v) is 22.8. The Labute approximate surface area is 396 Å². The largest absolute Gasteiger partial charge is 0.491 e. The Morgan fingerprint density at radius 3 is 1.66 bits per heavy atom. The number of benzene rings is 3. The van der Waals surface area contributed by atoms with E-state index >= 15 is 0 Å². The first-order valence-electron chi connectivity index (χ1n) is 22.8. The van der Waals surface area contributed by atoms with Crippen LogP contribution < -0.4 is 26.1 Å². The SMILES string of the molecule is Cc1cc(F)cc(C)c1Oc1ccc(C(C)(C)O)cc1-c1cn(C)c(=O)c2[nH]c(C(=O)Nc3ccc(OCCOCCOCCOCCOCCOCCOCCOCCOCCN)cc3)cc12. The summed E-state index contributed by atoms with van der Waals surface area (Å²) in [6, 6.07) is 16.6. The van der Waals surface area contributed by atoms with Crippen LogP contribution in [0.4, 0.5) is 10.1 Å². The molecule has 372 valence electrons. The minimum atomic E-state index is -1.20. The number of carbonyl (C=O) groups is 1. The lowest BCUT2D eigenvalue weighted by Gasteiger charge is -2.22. The lowest BCUT2D eigenvalue weighted by atomic mass is 9.93. The number of rotatable bonds is 33. The fraction of sp³-hybridized carbons (Fsp3) is 0.480. The van der Waals surface area contributed by atoms with Crippen molar-refractivity contribution in [1.29, 1.82) is 0 Å². The van der Waals surface area contributed by atoms with Crippen LogP contribution in [0.1, 0.15) is 41.0 Å². The molecule has 0 unspecified atom stereocenters. The number of nitrogens with two attached hydrogens (primary N) is 1. The van der Waals surface area contributed by atoms with Crippen molar-refractivity contribution in [2.45, 2.75) is 33.3 Å². The van der Waals surface area contributed by atoms with Crippen molar-refractivity contribution < 1.29 is 61.7 Å². The summed E-state index contributed by atoms with van der Waals surface area (Å²) in [6.45, 7) is 15.2. The summed E-state index contributed by atoms with van der Waals surface area (Å²) >= 11 is 0. The second kappa shape index (κ2) is 28.3. The molecular weight excluding hydrogens is 884 g/mol. The van der Waals surface area contributed by atoms with Crippen LogP contribution in [-0.2, 0) is 50.5 Å². The van der Waals surface area contributed by atoms with Crippen LogP contribution in [-0.4, -0.2) is 139 Å². The van der Waals surface area contributed by atoms with E-state index in [2.05, 4.69) is 10.3 Å². The minimum Gasteiger partial charge on any atom is -0.491 e. The zero-order valence-corrected chi connectivity index (χ0v) is 39.8. The van der Waals surface area contributed by atoms with Crippen LogP contribution in [0.15, 0.2) is 71.7 Å². The van der Waals surface area contributed by atoms with Crippen molar-refractivity contribution in [1.82, 2.24) is 9.55 Å². The zero-order chi connectivity index (χ0) is 48.7. The first kappa shape index (κ1) is 53.7. The number of aromatic amines is 1. The highest BCUT2D eigenvalue weighted by Gasteiger charge is 2.23. The van der Waals surface area contributed by atoms with Crippen LogP contribution >= 0.6 is 0 Å². The molecule has 0 saturated carbocycles. The van der Waals surface area contributed by atoms with Gasteiger partial charge in [-0.1, -0.05) is 6.07 Å². The Kier molecular flexibility index (Phi) is 22.3. The molecule has 17 nitrogen and oxygen atoms in total. The maximum absolute atomic E-state index is 14.2. The number of aromatic nitrogens is 2. The Balaban J connectivity index is 0.978. The van der Waals surface area contributed by atoms with Gasteiger partial charge in [0.2, 0.25) is 0 Å². The fourth-order valence-electron chi connectivity index (χ4n) is 6.83. The van der Waals surface area contributed by atoms with E-state index in [0.717, 1.165) is 0 Å². The number of pyridine rings is 1. The van der Waals surface area contributed by atoms with E-state index in [1.807, 2.05) is 0 Å². The van der Waals surface area contributed by atoms with Crippen molar-refractivity contribution in [3.8, 4) is 28.4 Å². The fourth-order valence-corrected chi connectivity index (χ4v) is 6.83. The third-order valence-electron chi connectivity index (χ3n) is 10.3. The Morgan fingerprint density at radius 2 is 1.18 bits per heavy atom. The monoisotopic (exact) mass is 950 g/mol. The van der Waals surface area contributed by atoms with Crippen molar-refractivity contribution in [2.75, 3.05) is 124 Å². The molecule has 2 aromatic heterocycles. The van der Waals surface area contributed by atoms with Crippen LogP contribution in [0.2, 0.25) is 0 Å². The highest BCUT2D eigenvalue weighted by molar-refractivity contribution is 6.08. The molecule has 5 N–H and O–H groups in total. The van der Waals surface area contributed by atoms with Crippen molar-refractivity contribution in [2.24, 2.45) is 12.8 Å². The summed E-state index contributed by atoms with van der Waals surface area (Å²) in [5.74, 6) is 0.660. The number of halogens is 1. The number of aliphatic hydroxyl groups is 1. The van der Waals surface area contributed by atoms with E-state index in [0.29, 0.717) is 175 Å². The molecule has 0 aliphatic carbocycles. The maximum Gasteiger partial charge on any atom is 0.274 e. The number of carbonyl (C=O) groups excluding carboxylic acids is 1. The summed E-state index contributed by atoms with van der Waals surface area (Å²) in [7, 11) is 1.62. The van der Waals surface area contributed by atoms with Crippen molar-refractivity contribution in [3.63, 3.8) is 0 Å². The van der Waals surface area contributed by atoms with Crippen molar-refractivity contribution in [3.05, 3.63) is 105 Å². The standard InChI is InChI=1S/C50H67FN4O13/c1-35-30-38(51)31-36(2)47(35)68-45-11-6-37(50(3,4)58)32-41(45)43-34-55(5)49(57)46-42(43)33-44(54-46)48(56)53-39-7-9-40(10-8-39)67-29-28-66-27-26-65-25-24-64-23-22-63-21-20-62-19-18-61-17-16-60-15-14-59-13-12-52/h6-11,30-34,54,58H,12-29,52H2,1-5H3,(H,53,56). The van der Waals surface area contributed by atoms with E-state index in [-0.39, 0.29) is 22.6 Å². The van der Waals surface area contributed by atoms with Gasteiger partial charge < -0.3 is 73.1 Å². The zero-order valence-electron chi connectivity index (χ0n) is 39.8. The van der Waals surface area contributed by atoms with Crippen LogP contribution in [0.5, 0.6) is 17.2 Å². The topological polar surface area (TPSA) is 205 Å². The molecule has 2 heterocycles. The molecule has 5 aromatic rings. The molecule has 1 amide bonds. The Morgan fingerprint density at radius 1 is 0.691 bits per heavy atom. The summed E-state index contributed by atoms with van der Waals surface area (Å²) < 4.78 is 71.5. The van der Waals surface area contributed by atoms with Gasteiger partial charge >= 0.3 is 0 Å². The lowest BCUT2D eigenvalue weighted by molar-refractivity contribution is -0.0234. The molecule has 3 aromatic carbocycles. The minimum absolute atomic E-state index is 0.159. The number of H-pyrrole nitrogens is 1. The van der Waals surface area contributed by atoms with Crippen molar-refractivity contribution >= 4 is 22.5 Å². The summed E-state index contributed by atoms with van der Waals surface area (Å²) in [5, 5.41) is 14.3. The second-order valence-corrected chi connectivity index (χ2v) is 16.2. The smallest absolute Gasteiger partial charge is 0.274 e. The number of aryl methyl sites for hydroxylation is 3. The number of amides is 1. The summed E-state index contributed by atoms with van der Waals surface area (Å²) in [6.07, 6.45) is 1.67. The van der Waals surface area contributed by atoms with E-state index in [1.165, 1.54) is 16.7 Å². The molecule has 0 radical (unpaired) electrons. The Bertz CT molecular complexity index is 2340. The second-order valence-electron chi connectivity index (χ2n) is 16.2. The van der Waals surface area contributed by atoms with Gasteiger partial charge in [0.25, 0.3) is 11.5 Å². The summed E-state index contributed by atoms with van der Waals surface area (Å²) in [5.41, 5.74) is 7.64. The number of ether oxygens (including phenoxy) is 10. The predicted molar refractivity (Wildman–Crippen MR) is 256 cm³/mol. The lowest BCUT2D eigenvalue weighted by Crippen LogP contribution is -2.18. The van der Waals surface area contributed by atoms with Gasteiger partial charge in [-0.15, -0.1) is 0 Å². The highest BCUT2D eigenvalue weighted by atomic mass is 19.1. The number of fused-ring (bicyclic) bond motifs is 1. The van der Waals surface area contributed by atoms with Gasteiger partial charge in [0.1, 0.15) is 40.9 Å². The summed E-state index contributed by atoms with van der Waals surface area (Å²) in [4.78, 5) is 30.0. The van der Waals surface area contributed by atoms with Crippen LogP contribution in [0.3, 0.4) is 0 Å². The van der Waals surface area contributed by atoms with E-state index in [9.17, 15) is 19.1 Å². The van der Waals surface area contributed by atoms with Crippen LogP contribution in [0.25, 0.3) is 22.0 Å². The van der Waals surface area contributed by atoms with Gasteiger partial charge in [-0.3, -0.25) is 9.59 Å². The number of nitrogens with one attached hydrogen (secondary N) is 2. The van der Waals surface area contributed by atoms with Gasteiger partial charge in [-0.2, -0.15) is 0 Å². The van der Waals surface area contributed by atoms with E-state index in [4.69, 9.17) is 53.1 Å². The molecule has 0 fully saturated rings. The van der Waals surface area contributed by atoms with Crippen LogP contribution in [0, 0.1) is 19.7 Å². The normalized spacial score (nSPS) is 11.7. The molecule has 5 rings (SSSR count). The molecular formula is C50H67FN4O13. The van der Waals surface area contributed by atoms with Gasteiger partial charge in [-0.05, 0) is 99.0 Å². The van der Waals surface area contributed by atoms with Gasteiger partial charge in [-0.25, -0.2) is 4.39 Å². The number of nitrogens with zero attached hydrogens (tertiary/aromatic N) is 1. The molecule has 68 heavy (non-hydrogen) atoms. The van der Waals surface area contributed by atoms with E-state index < -0.39 is 11.5 Å². The molecule has 0 saturated heterocycles. The first-order chi connectivity index (χ1) is 32.8. The molecule has 0 bridgehead atoms.